The number of rotatable bonds is 2. The molecule has 94 valence electrons. The second kappa shape index (κ2) is 5.05. The lowest BCUT2D eigenvalue weighted by Gasteiger charge is -2.25. The van der Waals surface area contributed by atoms with Crippen LogP contribution < -0.4 is 10.6 Å². The lowest BCUT2D eigenvalue weighted by molar-refractivity contribution is 0.170. The van der Waals surface area contributed by atoms with Crippen LogP contribution in [0.3, 0.4) is 0 Å². The van der Waals surface area contributed by atoms with Gasteiger partial charge >= 0.3 is 0 Å². The Morgan fingerprint density at radius 2 is 2.06 bits per heavy atom. The SMILES string of the molecule is CC1(F)CCCN(c2ccccc2CN)CC1. The maximum absolute atomic E-state index is 14.0. The van der Waals surface area contributed by atoms with Gasteiger partial charge in [-0.05, 0) is 37.8 Å². The van der Waals surface area contributed by atoms with Crippen molar-refractivity contribution < 1.29 is 4.39 Å². The molecule has 1 aliphatic rings. The Morgan fingerprint density at radius 3 is 2.82 bits per heavy atom. The minimum absolute atomic E-state index is 0.541. The molecule has 17 heavy (non-hydrogen) atoms. The Balaban J connectivity index is 2.17. The topological polar surface area (TPSA) is 29.3 Å². The van der Waals surface area contributed by atoms with E-state index in [4.69, 9.17) is 5.73 Å². The van der Waals surface area contributed by atoms with Gasteiger partial charge in [-0.25, -0.2) is 4.39 Å². The molecular formula is C14H21FN2. The van der Waals surface area contributed by atoms with E-state index in [0.29, 0.717) is 19.4 Å². The fraction of sp³-hybridized carbons (Fsp3) is 0.571. The van der Waals surface area contributed by atoms with Gasteiger partial charge in [0, 0.05) is 25.3 Å². The van der Waals surface area contributed by atoms with E-state index in [9.17, 15) is 4.39 Å². The molecule has 1 fully saturated rings. The van der Waals surface area contributed by atoms with Crippen LogP contribution in [0.1, 0.15) is 31.7 Å². The second-order valence-electron chi connectivity index (χ2n) is 5.09. The summed E-state index contributed by atoms with van der Waals surface area (Å²) in [6.07, 6.45) is 2.17. The first kappa shape index (κ1) is 12.4. The first-order valence-corrected chi connectivity index (χ1v) is 6.34. The number of nitrogens with zero attached hydrogens (tertiary/aromatic N) is 1. The molecular weight excluding hydrogens is 215 g/mol. The molecule has 1 unspecified atom stereocenters. The number of nitrogens with two attached hydrogens (primary N) is 1. The third-order valence-electron chi connectivity index (χ3n) is 3.58. The van der Waals surface area contributed by atoms with Crippen LogP contribution >= 0.6 is 0 Å². The maximum Gasteiger partial charge on any atom is 0.110 e. The van der Waals surface area contributed by atoms with E-state index >= 15 is 0 Å². The fourth-order valence-electron chi connectivity index (χ4n) is 2.48. The number of anilines is 1. The zero-order valence-electron chi connectivity index (χ0n) is 10.5. The molecule has 0 bridgehead atoms. The van der Waals surface area contributed by atoms with Gasteiger partial charge in [-0.1, -0.05) is 18.2 Å². The molecule has 2 nitrogen and oxygen atoms in total. The van der Waals surface area contributed by atoms with Gasteiger partial charge in [0.05, 0.1) is 0 Å². The molecule has 1 heterocycles. The average molecular weight is 236 g/mol. The van der Waals surface area contributed by atoms with Gasteiger partial charge in [0.1, 0.15) is 5.67 Å². The minimum atomic E-state index is -1.01. The summed E-state index contributed by atoms with van der Waals surface area (Å²) < 4.78 is 14.0. The Hall–Kier alpha value is -1.09. The van der Waals surface area contributed by atoms with E-state index in [-0.39, 0.29) is 0 Å². The zero-order valence-corrected chi connectivity index (χ0v) is 10.5. The van der Waals surface area contributed by atoms with Gasteiger partial charge in [0.2, 0.25) is 0 Å². The van der Waals surface area contributed by atoms with Gasteiger partial charge < -0.3 is 10.6 Å². The molecule has 0 spiro atoms. The zero-order chi connectivity index (χ0) is 12.3. The van der Waals surface area contributed by atoms with Crippen molar-refractivity contribution in [3.05, 3.63) is 29.8 Å². The molecule has 0 saturated carbocycles. The van der Waals surface area contributed by atoms with Gasteiger partial charge in [-0.15, -0.1) is 0 Å². The van der Waals surface area contributed by atoms with E-state index in [0.717, 1.165) is 25.1 Å². The first-order chi connectivity index (χ1) is 8.12. The lowest BCUT2D eigenvalue weighted by Crippen LogP contribution is -2.27. The van der Waals surface area contributed by atoms with Crippen LogP contribution in [0.25, 0.3) is 0 Å². The van der Waals surface area contributed by atoms with Crippen LogP contribution in [-0.2, 0) is 6.54 Å². The van der Waals surface area contributed by atoms with Crippen LogP contribution in [0.5, 0.6) is 0 Å². The van der Waals surface area contributed by atoms with Gasteiger partial charge in [0.25, 0.3) is 0 Å². The largest absolute Gasteiger partial charge is 0.371 e. The van der Waals surface area contributed by atoms with E-state index < -0.39 is 5.67 Å². The summed E-state index contributed by atoms with van der Waals surface area (Å²) in [4.78, 5) is 2.27. The van der Waals surface area contributed by atoms with Crippen LogP contribution in [0.2, 0.25) is 0 Å². The first-order valence-electron chi connectivity index (χ1n) is 6.34. The molecule has 0 aliphatic carbocycles. The van der Waals surface area contributed by atoms with Crippen LogP contribution in [-0.4, -0.2) is 18.8 Å². The third-order valence-corrected chi connectivity index (χ3v) is 3.58. The van der Waals surface area contributed by atoms with Gasteiger partial charge in [-0.3, -0.25) is 0 Å². The smallest absolute Gasteiger partial charge is 0.110 e. The number of hydrogen-bond acceptors (Lipinski definition) is 2. The summed E-state index contributed by atoms with van der Waals surface area (Å²) in [5, 5.41) is 0. The summed E-state index contributed by atoms with van der Waals surface area (Å²) in [6.45, 7) is 3.96. The second-order valence-corrected chi connectivity index (χ2v) is 5.09. The maximum atomic E-state index is 14.0. The van der Waals surface area contributed by atoms with Crippen molar-refractivity contribution in [3.63, 3.8) is 0 Å². The van der Waals surface area contributed by atoms with Crippen LogP contribution in [0.15, 0.2) is 24.3 Å². The van der Waals surface area contributed by atoms with Crippen LogP contribution in [0, 0.1) is 0 Å². The Kier molecular flexibility index (Phi) is 3.67. The van der Waals surface area contributed by atoms with E-state index in [1.54, 1.807) is 6.92 Å². The summed E-state index contributed by atoms with van der Waals surface area (Å²) in [5.41, 5.74) is 7.06. The Bertz CT molecular complexity index is 376. The lowest BCUT2D eigenvalue weighted by atomic mass is 10.00. The summed E-state index contributed by atoms with van der Waals surface area (Å²) in [7, 11) is 0. The van der Waals surface area contributed by atoms with E-state index in [1.807, 2.05) is 12.1 Å². The van der Waals surface area contributed by atoms with E-state index in [2.05, 4.69) is 17.0 Å². The predicted molar refractivity (Wildman–Crippen MR) is 69.9 cm³/mol. The minimum Gasteiger partial charge on any atom is -0.371 e. The summed E-state index contributed by atoms with van der Waals surface area (Å²) >= 11 is 0. The van der Waals surface area contributed by atoms with Crippen molar-refractivity contribution in [2.24, 2.45) is 5.73 Å². The molecule has 0 amide bonds. The number of benzene rings is 1. The van der Waals surface area contributed by atoms with Crippen molar-refractivity contribution in [2.75, 3.05) is 18.0 Å². The summed E-state index contributed by atoms with van der Waals surface area (Å²) in [6, 6.07) is 8.16. The molecule has 0 radical (unpaired) electrons. The van der Waals surface area contributed by atoms with Crippen LogP contribution in [0.4, 0.5) is 10.1 Å². The molecule has 1 aromatic carbocycles. The van der Waals surface area contributed by atoms with Crippen molar-refractivity contribution in [1.82, 2.24) is 0 Å². The number of para-hydroxylation sites is 1. The normalized spacial score (nSPS) is 25.7. The molecule has 1 aliphatic heterocycles. The van der Waals surface area contributed by atoms with Crippen molar-refractivity contribution in [1.29, 1.82) is 0 Å². The molecule has 1 saturated heterocycles. The third kappa shape index (κ3) is 2.97. The molecule has 1 atom stereocenters. The monoisotopic (exact) mass is 236 g/mol. The van der Waals surface area contributed by atoms with Crippen molar-refractivity contribution >= 4 is 5.69 Å². The highest BCUT2D eigenvalue weighted by molar-refractivity contribution is 5.53. The summed E-state index contributed by atoms with van der Waals surface area (Å²) in [5.74, 6) is 0. The fourth-order valence-corrected chi connectivity index (χ4v) is 2.48. The molecule has 0 aromatic heterocycles. The average Bonchev–Trinajstić information content (AvgIpc) is 2.50. The highest BCUT2D eigenvalue weighted by Gasteiger charge is 2.27. The highest BCUT2D eigenvalue weighted by Crippen LogP contribution is 2.29. The Labute approximate surface area is 103 Å². The number of hydrogen-bond donors (Lipinski definition) is 1. The molecule has 3 heteroatoms. The van der Waals surface area contributed by atoms with Crippen molar-refractivity contribution in [3.8, 4) is 0 Å². The van der Waals surface area contributed by atoms with Gasteiger partial charge in [0.15, 0.2) is 0 Å². The molecule has 1 aromatic rings. The quantitative estimate of drug-likeness (QED) is 0.855. The molecule has 2 rings (SSSR count). The standard InChI is InChI=1S/C14H21FN2/c1-14(15)7-4-9-17(10-8-14)13-6-3-2-5-12(13)11-16/h2-3,5-6H,4,7-11,16H2,1H3. The van der Waals surface area contributed by atoms with E-state index in [1.165, 1.54) is 5.69 Å². The van der Waals surface area contributed by atoms with Crippen molar-refractivity contribution in [2.45, 2.75) is 38.4 Å². The van der Waals surface area contributed by atoms with Gasteiger partial charge in [-0.2, -0.15) is 0 Å². The highest BCUT2D eigenvalue weighted by atomic mass is 19.1. The number of halogens is 1. The Morgan fingerprint density at radius 1 is 1.29 bits per heavy atom. The predicted octanol–water partition coefficient (Wildman–Crippen LogP) is 2.86. The number of alkyl halides is 1. The molecule has 2 N–H and O–H groups in total.